The summed E-state index contributed by atoms with van der Waals surface area (Å²) in [6.45, 7) is 5.49. The standard InChI is InChI=1S/C18H23N3O3/c1-14(2)12-21(18(23)16-6-9-24-13-16)8-5-17(22)20-11-15-4-3-7-19-10-15/h3-4,6-7,9-10,13-14H,5,8,11-12H2,1-2H3,(H,20,22). The average Bonchev–Trinajstić information content (AvgIpc) is 3.11. The van der Waals surface area contributed by atoms with Gasteiger partial charge < -0.3 is 14.6 Å². The maximum absolute atomic E-state index is 12.5. The van der Waals surface area contributed by atoms with Gasteiger partial charge in [-0.15, -0.1) is 0 Å². The fourth-order valence-electron chi connectivity index (χ4n) is 2.31. The number of hydrogen-bond acceptors (Lipinski definition) is 4. The Morgan fingerprint density at radius 1 is 1.33 bits per heavy atom. The molecule has 24 heavy (non-hydrogen) atoms. The number of aromatic nitrogens is 1. The molecule has 128 valence electrons. The molecule has 0 spiro atoms. The molecule has 2 rings (SSSR count). The minimum Gasteiger partial charge on any atom is -0.472 e. The van der Waals surface area contributed by atoms with Crippen LogP contribution in [0.4, 0.5) is 0 Å². The highest BCUT2D eigenvalue weighted by molar-refractivity contribution is 5.94. The molecule has 0 saturated carbocycles. The number of furan rings is 1. The van der Waals surface area contributed by atoms with Crippen LogP contribution >= 0.6 is 0 Å². The van der Waals surface area contributed by atoms with Crippen LogP contribution in [-0.2, 0) is 11.3 Å². The fourth-order valence-corrected chi connectivity index (χ4v) is 2.31. The Hall–Kier alpha value is -2.63. The lowest BCUT2D eigenvalue weighted by Crippen LogP contribution is -2.37. The number of amides is 2. The number of carbonyl (C=O) groups excluding carboxylic acids is 2. The van der Waals surface area contributed by atoms with E-state index >= 15 is 0 Å². The topological polar surface area (TPSA) is 75.4 Å². The second-order valence-electron chi connectivity index (χ2n) is 6.05. The third kappa shape index (κ3) is 5.53. The summed E-state index contributed by atoms with van der Waals surface area (Å²) in [7, 11) is 0. The van der Waals surface area contributed by atoms with Gasteiger partial charge in [0.1, 0.15) is 6.26 Å². The van der Waals surface area contributed by atoms with E-state index in [2.05, 4.69) is 10.3 Å². The summed E-state index contributed by atoms with van der Waals surface area (Å²) in [4.78, 5) is 30.2. The molecule has 0 aromatic carbocycles. The van der Waals surface area contributed by atoms with Crippen LogP contribution in [0.1, 0.15) is 36.2 Å². The van der Waals surface area contributed by atoms with Gasteiger partial charge in [0.15, 0.2) is 0 Å². The molecule has 1 N–H and O–H groups in total. The Balaban J connectivity index is 1.85. The van der Waals surface area contributed by atoms with E-state index in [1.54, 1.807) is 23.4 Å². The Kier molecular flexibility index (Phi) is 6.54. The van der Waals surface area contributed by atoms with Gasteiger partial charge in [-0.1, -0.05) is 19.9 Å². The predicted molar refractivity (Wildman–Crippen MR) is 90.2 cm³/mol. The van der Waals surface area contributed by atoms with E-state index in [1.807, 2.05) is 26.0 Å². The van der Waals surface area contributed by atoms with E-state index < -0.39 is 0 Å². The van der Waals surface area contributed by atoms with Gasteiger partial charge in [-0.3, -0.25) is 14.6 Å². The van der Waals surface area contributed by atoms with Crippen molar-refractivity contribution in [3.63, 3.8) is 0 Å². The molecule has 2 aromatic rings. The van der Waals surface area contributed by atoms with Crippen molar-refractivity contribution in [3.05, 3.63) is 54.2 Å². The summed E-state index contributed by atoms with van der Waals surface area (Å²) >= 11 is 0. The second-order valence-corrected chi connectivity index (χ2v) is 6.05. The molecule has 0 aliphatic heterocycles. The van der Waals surface area contributed by atoms with Gasteiger partial charge in [-0.25, -0.2) is 0 Å². The molecule has 6 nitrogen and oxygen atoms in total. The van der Waals surface area contributed by atoms with E-state index in [4.69, 9.17) is 4.42 Å². The summed E-state index contributed by atoms with van der Waals surface area (Å²) < 4.78 is 4.97. The molecule has 0 fully saturated rings. The molecular formula is C18H23N3O3. The van der Waals surface area contributed by atoms with Crippen LogP contribution in [0.2, 0.25) is 0 Å². The maximum atomic E-state index is 12.5. The minimum atomic E-state index is -0.113. The number of hydrogen-bond donors (Lipinski definition) is 1. The van der Waals surface area contributed by atoms with Gasteiger partial charge in [-0.05, 0) is 23.6 Å². The first-order valence-electron chi connectivity index (χ1n) is 8.03. The fraction of sp³-hybridized carbons (Fsp3) is 0.389. The third-order valence-electron chi connectivity index (χ3n) is 3.46. The maximum Gasteiger partial charge on any atom is 0.257 e. The zero-order valence-electron chi connectivity index (χ0n) is 14.1. The monoisotopic (exact) mass is 329 g/mol. The molecule has 0 bridgehead atoms. The molecule has 0 aliphatic rings. The van der Waals surface area contributed by atoms with Gasteiger partial charge in [-0.2, -0.15) is 0 Å². The Morgan fingerprint density at radius 3 is 2.79 bits per heavy atom. The van der Waals surface area contributed by atoms with Gasteiger partial charge in [0.2, 0.25) is 5.91 Å². The van der Waals surface area contributed by atoms with Gasteiger partial charge in [0, 0.05) is 38.4 Å². The second kappa shape index (κ2) is 8.86. The highest BCUT2D eigenvalue weighted by Crippen LogP contribution is 2.09. The molecule has 0 atom stereocenters. The summed E-state index contributed by atoms with van der Waals surface area (Å²) in [6.07, 6.45) is 6.57. The number of nitrogens with zero attached hydrogens (tertiary/aromatic N) is 2. The van der Waals surface area contributed by atoms with Crippen LogP contribution in [0.5, 0.6) is 0 Å². The van der Waals surface area contributed by atoms with Gasteiger partial charge in [0.05, 0.1) is 11.8 Å². The van der Waals surface area contributed by atoms with E-state index in [0.29, 0.717) is 31.1 Å². The van der Waals surface area contributed by atoms with Crippen molar-refractivity contribution in [2.45, 2.75) is 26.8 Å². The Labute approximate surface area is 141 Å². The van der Waals surface area contributed by atoms with Crippen LogP contribution < -0.4 is 5.32 Å². The van der Waals surface area contributed by atoms with Gasteiger partial charge >= 0.3 is 0 Å². The summed E-state index contributed by atoms with van der Waals surface area (Å²) in [6, 6.07) is 5.37. The average molecular weight is 329 g/mol. The third-order valence-corrected chi connectivity index (χ3v) is 3.46. The van der Waals surface area contributed by atoms with Crippen molar-refractivity contribution in [2.24, 2.45) is 5.92 Å². The van der Waals surface area contributed by atoms with E-state index in [9.17, 15) is 9.59 Å². The molecular weight excluding hydrogens is 306 g/mol. The molecule has 2 aromatic heterocycles. The molecule has 2 heterocycles. The van der Waals surface area contributed by atoms with E-state index in [1.165, 1.54) is 12.5 Å². The summed E-state index contributed by atoms with van der Waals surface area (Å²) in [5.74, 6) is 0.115. The van der Waals surface area contributed by atoms with Crippen molar-refractivity contribution in [2.75, 3.05) is 13.1 Å². The van der Waals surface area contributed by atoms with E-state index in [0.717, 1.165) is 5.56 Å². The smallest absolute Gasteiger partial charge is 0.257 e. The molecule has 0 saturated heterocycles. The van der Waals surface area contributed by atoms with Crippen LogP contribution in [0.3, 0.4) is 0 Å². The van der Waals surface area contributed by atoms with Crippen molar-refractivity contribution < 1.29 is 14.0 Å². The van der Waals surface area contributed by atoms with Crippen LogP contribution in [0.25, 0.3) is 0 Å². The first kappa shape index (κ1) is 17.7. The lowest BCUT2D eigenvalue weighted by atomic mass is 10.1. The molecule has 6 heteroatoms. The molecule has 0 aliphatic carbocycles. The first-order valence-corrected chi connectivity index (χ1v) is 8.03. The van der Waals surface area contributed by atoms with Crippen molar-refractivity contribution in [3.8, 4) is 0 Å². The predicted octanol–water partition coefficient (Wildman–Crippen LogP) is 2.48. The highest BCUT2D eigenvalue weighted by atomic mass is 16.3. The number of rotatable bonds is 8. The number of nitrogens with one attached hydrogen (secondary N) is 1. The number of carbonyl (C=O) groups is 2. The number of pyridine rings is 1. The van der Waals surface area contributed by atoms with Crippen LogP contribution in [0.15, 0.2) is 47.5 Å². The molecule has 0 unspecified atom stereocenters. The lowest BCUT2D eigenvalue weighted by Gasteiger charge is -2.24. The zero-order valence-corrected chi connectivity index (χ0v) is 14.1. The summed E-state index contributed by atoms with van der Waals surface area (Å²) in [5.41, 5.74) is 1.45. The first-order chi connectivity index (χ1) is 11.6. The van der Waals surface area contributed by atoms with Crippen molar-refractivity contribution in [1.82, 2.24) is 15.2 Å². The van der Waals surface area contributed by atoms with Crippen molar-refractivity contribution in [1.29, 1.82) is 0 Å². The van der Waals surface area contributed by atoms with Crippen LogP contribution in [-0.4, -0.2) is 34.8 Å². The van der Waals surface area contributed by atoms with Crippen molar-refractivity contribution >= 4 is 11.8 Å². The lowest BCUT2D eigenvalue weighted by molar-refractivity contribution is -0.121. The largest absolute Gasteiger partial charge is 0.472 e. The quantitative estimate of drug-likeness (QED) is 0.807. The Bertz CT molecular complexity index is 639. The molecule has 2 amide bonds. The summed E-state index contributed by atoms with van der Waals surface area (Å²) in [5, 5.41) is 2.85. The normalized spacial score (nSPS) is 10.6. The Morgan fingerprint density at radius 2 is 2.17 bits per heavy atom. The van der Waals surface area contributed by atoms with Gasteiger partial charge in [0.25, 0.3) is 5.91 Å². The minimum absolute atomic E-state index is 0.0902. The SMILES string of the molecule is CC(C)CN(CCC(=O)NCc1cccnc1)C(=O)c1ccoc1. The highest BCUT2D eigenvalue weighted by Gasteiger charge is 2.18. The molecule has 0 radical (unpaired) electrons. The zero-order chi connectivity index (χ0) is 17.4. The van der Waals surface area contributed by atoms with E-state index in [-0.39, 0.29) is 18.2 Å². The van der Waals surface area contributed by atoms with Crippen LogP contribution in [0, 0.1) is 5.92 Å².